The van der Waals surface area contributed by atoms with Crippen LogP contribution in [-0.4, -0.2) is 54.2 Å². The number of hydrogen-bond acceptors (Lipinski definition) is 5. The summed E-state index contributed by atoms with van der Waals surface area (Å²) in [5.74, 6) is 0.317. The van der Waals surface area contributed by atoms with E-state index < -0.39 is 0 Å². The molecular weight excluding hydrogens is 389 g/mol. The molecule has 2 aliphatic rings. The van der Waals surface area contributed by atoms with Gasteiger partial charge in [0, 0.05) is 44.6 Å². The number of pyridine rings is 1. The van der Waals surface area contributed by atoms with Gasteiger partial charge >= 0.3 is 0 Å². The van der Waals surface area contributed by atoms with Crippen LogP contribution in [0.15, 0.2) is 24.5 Å². The Hall–Kier alpha value is -0.920. The van der Waals surface area contributed by atoms with Gasteiger partial charge in [-0.1, -0.05) is 6.07 Å². The average Bonchev–Trinajstić information content (AvgIpc) is 2.67. The molecule has 2 fully saturated rings. The number of nitrogens with zero attached hydrogens (tertiary/aromatic N) is 2. The molecule has 1 aliphatic carbocycles. The van der Waals surface area contributed by atoms with Crippen molar-refractivity contribution < 1.29 is 14.3 Å². The number of likely N-dealkylation sites (tertiary alicyclic amines) is 1. The summed E-state index contributed by atoms with van der Waals surface area (Å²) in [5.41, 5.74) is 7.15. The molecule has 1 aliphatic heterocycles. The summed E-state index contributed by atoms with van der Waals surface area (Å²) in [5, 5.41) is 0. The minimum Gasteiger partial charge on any atom is -0.380 e. The molecular formula is C19H31Cl2N3O3. The lowest BCUT2D eigenvalue weighted by atomic mass is 9.83. The second-order valence-corrected chi connectivity index (χ2v) is 7.14. The van der Waals surface area contributed by atoms with E-state index in [0.717, 1.165) is 50.8 Å². The van der Waals surface area contributed by atoms with Crippen LogP contribution in [0.4, 0.5) is 0 Å². The van der Waals surface area contributed by atoms with Gasteiger partial charge in [0.15, 0.2) is 0 Å². The molecule has 1 amide bonds. The largest absolute Gasteiger partial charge is 0.380 e. The first-order valence-electron chi connectivity index (χ1n) is 9.25. The van der Waals surface area contributed by atoms with Gasteiger partial charge in [-0.15, -0.1) is 24.8 Å². The molecule has 8 heteroatoms. The van der Waals surface area contributed by atoms with E-state index in [1.54, 1.807) is 13.3 Å². The number of carbonyl (C=O) groups is 1. The van der Waals surface area contributed by atoms with Crippen LogP contribution in [0, 0.1) is 5.92 Å². The Balaban J connectivity index is 0.00000182. The van der Waals surface area contributed by atoms with Gasteiger partial charge in [-0.05, 0) is 43.7 Å². The monoisotopic (exact) mass is 419 g/mol. The zero-order chi connectivity index (χ0) is 17.6. The van der Waals surface area contributed by atoms with Crippen LogP contribution in [0.2, 0.25) is 0 Å². The van der Waals surface area contributed by atoms with Crippen LogP contribution < -0.4 is 5.73 Å². The van der Waals surface area contributed by atoms with Crippen molar-refractivity contribution in [1.29, 1.82) is 0 Å². The van der Waals surface area contributed by atoms with Crippen LogP contribution in [-0.2, 0) is 20.9 Å². The highest BCUT2D eigenvalue weighted by Crippen LogP contribution is 2.28. The van der Waals surface area contributed by atoms with Crippen molar-refractivity contribution in [2.24, 2.45) is 11.7 Å². The molecule has 3 rings (SSSR count). The Bertz CT molecular complexity index is 556. The molecule has 154 valence electrons. The zero-order valence-corrected chi connectivity index (χ0v) is 17.4. The fourth-order valence-corrected chi connectivity index (χ4v) is 3.85. The van der Waals surface area contributed by atoms with E-state index in [1.165, 1.54) is 0 Å². The lowest BCUT2D eigenvalue weighted by molar-refractivity contribution is -0.141. The number of aromatic nitrogens is 1. The predicted molar refractivity (Wildman–Crippen MR) is 109 cm³/mol. The molecule has 2 heterocycles. The highest BCUT2D eigenvalue weighted by molar-refractivity contribution is 5.85. The number of ether oxygens (including phenoxy) is 2. The van der Waals surface area contributed by atoms with Gasteiger partial charge in [0.05, 0.1) is 18.8 Å². The molecule has 1 aromatic heterocycles. The average molecular weight is 420 g/mol. The van der Waals surface area contributed by atoms with E-state index in [4.69, 9.17) is 15.2 Å². The first kappa shape index (κ1) is 24.1. The van der Waals surface area contributed by atoms with E-state index in [-0.39, 0.29) is 54.9 Å². The third-order valence-corrected chi connectivity index (χ3v) is 5.46. The maximum Gasteiger partial charge on any atom is 0.225 e. The first-order valence-corrected chi connectivity index (χ1v) is 9.25. The molecule has 1 saturated carbocycles. The molecule has 3 atom stereocenters. The summed E-state index contributed by atoms with van der Waals surface area (Å²) in [6.07, 6.45) is 8.08. The van der Waals surface area contributed by atoms with Gasteiger partial charge in [0.1, 0.15) is 0 Å². The summed E-state index contributed by atoms with van der Waals surface area (Å²) in [6.45, 7) is 2.13. The lowest BCUT2D eigenvalue weighted by Crippen LogP contribution is -2.48. The third kappa shape index (κ3) is 6.57. The Morgan fingerprint density at radius 1 is 1.26 bits per heavy atom. The fraction of sp³-hybridized carbons (Fsp3) is 0.684. The summed E-state index contributed by atoms with van der Waals surface area (Å²) in [4.78, 5) is 18.9. The van der Waals surface area contributed by atoms with E-state index in [2.05, 4.69) is 4.98 Å². The zero-order valence-electron chi connectivity index (χ0n) is 15.8. The molecule has 0 unspecified atom stereocenters. The van der Waals surface area contributed by atoms with Gasteiger partial charge in [0.25, 0.3) is 0 Å². The maximum absolute atomic E-state index is 12.8. The number of nitrogens with two attached hydrogens (primary N) is 1. The van der Waals surface area contributed by atoms with Crippen molar-refractivity contribution >= 4 is 30.7 Å². The molecule has 0 aromatic carbocycles. The van der Waals surface area contributed by atoms with E-state index in [1.807, 2.05) is 23.2 Å². The van der Waals surface area contributed by atoms with Crippen LogP contribution in [0.1, 0.15) is 37.7 Å². The summed E-state index contributed by atoms with van der Waals surface area (Å²) >= 11 is 0. The van der Waals surface area contributed by atoms with Crippen LogP contribution >= 0.6 is 24.8 Å². The molecule has 0 bridgehead atoms. The molecule has 0 spiro atoms. The van der Waals surface area contributed by atoms with Gasteiger partial charge in [0.2, 0.25) is 5.91 Å². The summed E-state index contributed by atoms with van der Waals surface area (Å²) in [7, 11) is 1.68. The molecule has 1 aromatic rings. The normalized spacial score (nSPS) is 26.0. The van der Waals surface area contributed by atoms with Crippen molar-refractivity contribution in [3.8, 4) is 0 Å². The number of halogens is 2. The SMILES string of the molecule is CO[C@H]1C[C@@H](C(=O)N2CCC(OCc3cccnc3)CC2)CC[C@@H]1N.Cl.Cl. The van der Waals surface area contributed by atoms with Gasteiger partial charge in [-0.2, -0.15) is 0 Å². The lowest BCUT2D eigenvalue weighted by Gasteiger charge is -2.38. The second kappa shape index (κ2) is 11.8. The van der Waals surface area contributed by atoms with E-state index in [0.29, 0.717) is 6.61 Å². The Morgan fingerprint density at radius 3 is 2.63 bits per heavy atom. The quantitative estimate of drug-likeness (QED) is 0.793. The van der Waals surface area contributed by atoms with Crippen molar-refractivity contribution in [3.63, 3.8) is 0 Å². The number of amides is 1. The summed E-state index contributed by atoms with van der Waals surface area (Å²) in [6, 6.07) is 4.00. The van der Waals surface area contributed by atoms with Crippen molar-refractivity contribution in [3.05, 3.63) is 30.1 Å². The topological polar surface area (TPSA) is 77.7 Å². The molecule has 2 N–H and O–H groups in total. The standard InChI is InChI=1S/C19H29N3O3.2ClH/c1-24-18-11-15(4-5-17(18)20)19(23)22-9-6-16(7-10-22)25-13-14-3-2-8-21-12-14;;/h2-3,8,12,15-18H,4-7,9-11,13,20H2,1H3;2*1H/t15-,17-,18-;;/m0../s1. The number of rotatable bonds is 5. The number of piperidine rings is 1. The van der Waals surface area contributed by atoms with Crippen molar-refractivity contribution in [1.82, 2.24) is 9.88 Å². The van der Waals surface area contributed by atoms with Crippen LogP contribution in [0.25, 0.3) is 0 Å². The predicted octanol–water partition coefficient (Wildman–Crippen LogP) is 2.58. The van der Waals surface area contributed by atoms with Gasteiger partial charge in [-0.25, -0.2) is 0 Å². The fourth-order valence-electron chi connectivity index (χ4n) is 3.85. The van der Waals surface area contributed by atoms with E-state index >= 15 is 0 Å². The maximum atomic E-state index is 12.8. The summed E-state index contributed by atoms with van der Waals surface area (Å²) < 4.78 is 11.4. The van der Waals surface area contributed by atoms with Crippen LogP contribution in [0.5, 0.6) is 0 Å². The van der Waals surface area contributed by atoms with Crippen molar-refractivity contribution in [2.45, 2.75) is 57.0 Å². The van der Waals surface area contributed by atoms with Gasteiger partial charge in [-0.3, -0.25) is 9.78 Å². The minimum absolute atomic E-state index is 0. The first-order chi connectivity index (χ1) is 12.2. The third-order valence-electron chi connectivity index (χ3n) is 5.46. The number of hydrogen-bond donors (Lipinski definition) is 1. The molecule has 6 nitrogen and oxygen atoms in total. The second-order valence-electron chi connectivity index (χ2n) is 7.14. The highest BCUT2D eigenvalue weighted by Gasteiger charge is 2.35. The molecule has 27 heavy (non-hydrogen) atoms. The van der Waals surface area contributed by atoms with E-state index in [9.17, 15) is 4.79 Å². The minimum atomic E-state index is 0. The Morgan fingerprint density at radius 2 is 2.00 bits per heavy atom. The molecule has 1 saturated heterocycles. The number of methoxy groups -OCH3 is 1. The highest BCUT2D eigenvalue weighted by atomic mass is 35.5. The van der Waals surface area contributed by atoms with Crippen molar-refractivity contribution in [2.75, 3.05) is 20.2 Å². The van der Waals surface area contributed by atoms with Gasteiger partial charge < -0.3 is 20.1 Å². The Labute approximate surface area is 174 Å². The smallest absolute Gasteiger partial charge is 0.225 e. The number of carbonyl (C=O) groups excluding carboxylic acids is 1. The van der Waals surface area contributed by atoms with Crippen LogP contribution in [0.3, 0.4) is 0 Å². The molecule has 0 radical (unpaired) electrons. The Kier molecular flexibility index (Phi) is 10.6.